The molecule has 0 bridgehead atoms. The predicted molar refractivity (Wildman–Crippen MR) is 58.6 cm³/mol. The van der Waals surface area contributed by atoms with E-state index in [0.717, 1.165) is 0 Å². The predicted octanol–water partition coefficient (Wildman–Crippen LogP) is 1.61. The van der Waals surface area contributed by atoms with Crippen LogP contribution in [0.2, 0.25) is 0 Å². The highest BCUT2D eigenvalue weighted by molar-refractivity contribution is 5.93. The van der Waals surface area contributed by atoms with Gasteiger partial charge in [0.05, 0.1) is 18.6 Å². The second kappa shape index (κ2) is 4.96. The Morgan fingerprint density at radius 2 is 2.06 bits per heavy atom. The molecular weight excluding hydrogens is 208 g/mol. The summed E-state index contributed by atoms with van der Waals surface area (Å²) in [4.78, 5) is 23.0. The van der Waals surface area contributed by atoms with E-state index in [4.69, 9.17) is 4.74 Å². The molecule has 0 saturated carbocycles. The number of methoxy groups -OCH3 is 1. The molecule has 0 N–H and O–H groups in total. The van der Waals surface area contributed by atoms with Gasteiger partial charge in [0.1, 0.15) is 5.76 Å². The van der Waals surface area contributed by atoms with E-state index in [-0.39, 0.29) is 11.7 Å². The highest BCUT2D eigenvalue weighted by atomic mass is 16.5. The van der Waals surface area contributed by atoms with Crippen molar-refractivity contribution in [2.45, 2.75) is 26.9 Å². The second-order valence-electron chi connectivity index (χ2n) is 3.66. The molecule has 1 aliphatic heterocycles. The van der Waals surface area contributed by atoms with Gasteiger partial charge in [-0.2, -0.15) is 0 Å². The van der Waals surface area contributed by atoms with E-state index in [1.807, 2.05) is 6.92 Å². The quantitative estimate of drug-likeness (QED) is 0.540. The van der Waals surface area contributed by atoms with Gasteiger partial charge in [0.2, 0.25) is 0 Å². The number of allylic oxidation sites excluding steroid dienone is 2. The number of ether oxygens (including phenoxy) is 2. The molecule has 0 aromatic rings. The van der Waals surface area contributed by atoms with Crippen molar-refractivity contribution in [3.8, 4) is 0 Å². The Bertz CT molecular complexity index is 365. The van der Waals surface area contributed by atoms with Gasteiger partial charge in [0, 0.05) is 0 Å². The van der Waals surface area contributed by atoms with E-state index in [0.29, 0.717) is 11.3 Å². The van der Waals surface area contributed by atoms with Crippen LogP contribution in [0.5, 0.6) is 0 Å². The zero-order chi connectivity index (χ0) is 12.3. The van der Waals surface area contributed by atoms with Gasteiger partial charge in [-0.3, -0.25) is 4.79 Å². The number of ketones is 1. The molecular formula is C12H16O4. The lowest BCUT2D eigenvalue weighted by atomic mass is 9.92. The Hall–Kier alpha value is -1.58. The summed E-state index contributed by atoms with van der Waals surface area (Å²) in [5.41, 5.74) is 0.431. The first-order valence-corrected chi connectivity index (χ1v) is 5.12. The number of Topliss-reactive ketones (excluding diaryl/α,β-unsaturated/α-hetero) is 1. The fraction of sp³-hybridized carbons (Fsp3) is 0.500. The van der Waals surface area contributed by atoms with Crippen LogP contribution in [-0.2, 0) is 19.1 Å². The lowest BCUT2D eigenvalue weighted by molar-refractivity contribution is -0.136. The summed E-state index contributed by atoms with van der Waals surface area (Å²) in [6.07, 6.45) is 2.98. The number of hydrogen-bond donors (Lipinski definition) is 0. The van der Waals surface area contributed by atoms with Crippen LogP contribution >= 0.6 is 0 Å². The van der Waals surface area contributed by atoms with Gasteiger partial charge in [-0.1, -0.05) is 12.2 Å². The van der Waals surface area contributed by atoms with Crippen LogP contribution in [0.4, 0.5) is 0 Å². The summed E-state index contributed by atoms with van der Waals surface area (Å²) in [5.74, 6) is -0.407. The van der Waals surface area contributed by atoms with Crippen LogP contribution in [0, 0.1) is 5.92 Å². The zero-order valence-corrected chi connectivity index (χ0v) is 9.94. The molecule has 0 spiro atoms. The average Bonchev–Trinajstić information content (AvgIpc) is 2.55. The van der Waals surface area contributed by atoms with E-state index < -0.39 is 12.1 Å². The zero-order valence-electron chi connectivity index (χ0n) is 9.94. The maximum Gasteiger partial charge on any atom is 0.337 e. The van der Waals surface area contributed by atoms with E-state index in [1.54, 1.807) is 19.1 Å². The summed E-state index contributed by atoms with van der Waals surface area (Å²) in [6, 6.07) is 0. The lowest BCUT2D eigenvalue weighted by Crippen LogP contribution is -2.27. The Morgan fingerprint density at radius 3 is 2.50 bits per heavy atom. The first kappa shape index (κ1) is 12.5. The average molecular weight is 224 g/mol. The monoisotopic (exact) mass is 224 g/mol. The van der Waals surface area contributed by atoms with Crippen LogP contribution in [0.1, 0.15) is 20.8 Å². The Morgan fingerprint density at radius 1 is 1.44 bits per heavy atom. The maximum atomic E-state index is 11.6. The number of carbonyl (C=O) groups excluding carboxylic acids is 2. The van der Waals surface area contributed by atoms with Crippen LogP contribution in [0.15, 0.2) is 23.5 Å². The molecule has 0 fully saturated rings. The fourth-order valence-electron chi connectivity index (χ4n) is 1.84. The summed E-state index contributed by atoms with van der Waals surface area (Å²) < 4.78 is 10.1. The summed E-state index contributed by atoms with van der Waals surface area (Å²) in [5, 5.41) is 0. The third kappa shape index (κ3) is 2.15. The molecule has 88 valence electrons. The van der Waals surface area contributed by atoms with Crippen molar-refractivity contribution in [3.63, 3.8) is 0 Å². The third-order valence-corrected chi connectivity index (χ3v) is 2.55. The van der Waals surface area contributed by atoms with Crippen molar-refractivity contribution in [2.75, 3.05) is 7.11 Å². The lowest BCUT2D eigenvalue weighted by Gasteiger charge is -2.14. The normalized spacial score (nSPS) is 24.8. The molecule has 1 heterocycles. The van der Waals surface area contributed by atoms with Gasteiger partial charge < -0.3 is 9.47 Å². The molecule has 0 saturated heterocycles. The summed E-state index contributed by atoms with van der Waals surface area (Å²) >= 11 is 0. The number of carbonyl (C=O) groups is 2. The largest absolute Gasteiger partial charge is 0.486 e. The van der Waals surface area contributed by atoms with Crippen molar-refractivity contribution in [1.82, 2.24) is 0 Å². The minimum atomic E-state index is -0.606. The van der Waals surface area contributed by atoms with E-state index >= 15 is 0 Å². The van der Waals surface area contributed by atoms with Gasteiger partial charge >= 0.3 is 5.97 Å². The number of rotatable bonds is 3. The molecule has 0 aliphatic carbocycles. The number of hydrogen-bond acceptors (Lipinski definition) is 4. The van der Waals surface area contributed by atoms with Crippen molar-refractivity contribution >= 4 is 11.8 Å². The molecule has 1 rings (SSSR count). The van der Waals surface area contributed by atoms with Gasteiger partial charge in [-0.15, -0.1) is 0 Å². The van der Waals surface area contributed by atoms with Gasteiger partial charge in [0.25, 0.3) is 0 Å². The van der Waals surface area contributed by atoms with Crippen molar-refractivity contribution < 1.29 is 19.1 Å². The van der Waals surface area contributed by atoms with Crippen LogP contribution < -0.4 is 0 Å². The molecule has 0 amide bonds. The summed E-state index contributed by atoms with van der Waals surface area (Å²) in [7, 11) is 1.32. The Kier molecular flexibility index (Phi) is 3.88. The third-order valence-electron chi connectivity index (χ3n) is 2.55. The minimum Gasteiger partial charge on any atom is -0.486 e. The SMILES string of the molecule is C/C=C/C1C(C(=O)OC)=C(C)OC1C(C)=O. The molecule has 4 nitrogen and oxygen atoms in total. The molecule has 0 aromatic carbocycles. The van der Waals surface area contributed by atoms with Gasteiger partial charge in [0.15, 0.2) is 11.9 Å². The van der Waals surface area contributed by atoms with Crippen molar-refractivity contribution in [3.05, 3.63) is 23.5 Å². The highest BCUT2D eigenvalue weighted by Crippen LogP contribution is 2.33. The Labute approximate surface area is 94.9 Å². The van der Waals surface area contributed by atoms with Crippen LogP contribution in [-0.4, -0.2) is 25.0 Å². The molecule has 2 atom stereocenters. The summed E-state index contributed by atoms with van der Waals surface area (Å²) in [6.45, 7) is 4.96. The maximum absolute atomic E-state index is 11.6. The Balaban J connectivity index is 3.08. The second-order valence-corrected chi connectivity index (χ2v) is 3.66. The first-order chi connectivity index (χ1) is 7.52. The topological polar surface area (TPSA) is 52.6 Å². The minimum absolute atomic E-state index is 0.0960. The van der Waals surface area contributed by atoms with E-state index in [9.17, 15) is 9.59 Å². The van der Waals surface area contributed by atoms with Crippen LogP contribution in [0.3, 0.4) is 0 Å². The van der Waals surface area contributed by atoms with Gasteiger partial charge in [-0.25, -0.2) is 4.79 Å². The standard InChI is InChI=1S/C12H16O4/c1-5-6-9-10(12(14)15-4)8(3)16-11(9)7(2)13/h5-6,9,11H,1-4H3/b6-5+. The van der Waals surface area contributed by atoms with E-state index in [1.165, 1.54) is 14.0 Å². The first-order valence-electron chi connectivity index (χ1n) is 5.12. The van der Waals surface area contributed by atoms with Gasteiger partial charge in [-0.05, 0) is 20.8 Å². The molecule has 0 radical (unpaired) electrons. The van der Waals surface area contributed by atoms with Crippen LogP contribution in [0.25, 0.3) is 0 Å². The smallest absolute Gasteiger partial charge is 0.337 e. The fourth-order valence-corrected chi connectivity index (χ4v) is 1.84. The van der Waals surface area contributed by atoms with Crippen molar-refractivity contribution in [1.29, 1.82) is 0 Å². The molecule has 16 heavy (non-hydrogen) atoms. The van der Waals surface area contributed by atoms with E-state index in [2.05, 4.69) is 4.74 Å². The van der Waals surface area contributed by atoms with Crippen molar-refractivity contribution in [2.24, 2.45) is 5.92 Å². The molecule has 2 unspecified atom stereocenters. The highest BCUT2D eigenvalue weighted by Gasteiger charge is 2.40. The molecule has 4 heteroatoms. The molecule has 0 aromatic heterocycles. The number of esters is 1. The molecule has 1 aliphatic rings.